The Morgan fingerprint density at radius 2 is 1.85 bits per heavy atom. The first-order chi connectivity index (χ1) is 13.3. The summed E-state index contributed by atoms with van der Waals surface area (Å²) in [6, 6.07) is 14.0. The van der Waals surface area contributed by atoms with Crippen LogP contribution in [0.5, 0.6) is 0 Å². The molecule has 6 nitrogen and oxygen atoms in total. The van der Waals surface area contributed by atoms with E-state index in [0.29, 0.717) is 6.54 Å². The standard InChI is InChI=1S/C21H23N5O/c27-20(21(8-12-23-13-9-21)18-4-2-1-3-5-18)25-19-14-24-26(16-19)15-17-6-10-22-11-7-17/h1-7,10-11,14,16,23H,8-9,12-13,15H2,(H,25,27). The molecule has 2 aromatic heterocycles. The summed E-state index contributed by atoms with van der Waals surface area (Å²) in [7, 11) is 0. The molecule has 0 radical (unpaired) electrons. The average Bonchev–Trinajstić information content (AvgIpc) is 3.16. The first-order valence-corrected chi connectivity index (χ1v) is 9.25. The van der Waals surface area contributed by atoms with E-state index in [4.69, 9.17) is 0 Å². The van der Waals surface area contributed by atoms with Gasteiger partial charge in [0.1, 0.15) is 0 Å². The van der Waals surface area contributed by atoms with E-state index in [1.807, 2.05) is 41.2 Å². The van der Waals surface area contributed by atoms with Crippen molar-refractivity contribution in [1.29, 1.82) is 0 Å². The summed E-state index contributed by atoms with van der Waals surface area (Å²) in [6.07, 6.45) is 8.68. The molecule has 27 heavy (non-hydrogen) atoms. The minimum Gasteiger partial charge on any atom is -0.323 e. The Bertz CT molecular complexity index is 885. The summed E-state index contributed by atoms with van der Waals surface area (Å²) >= 11 is 0. The number of hydrogen-bond acceptors (Lipinski definition) is 4. The minimum absolute atomic E-state index is 0.0404. The van der Waals surface area contributed by atoms with Gasteiger partial charge in [0.2, 0.25) is 5.91 Å². The van der Waals surface area contributed by atoms with Gasteiger partial charge in [0.05, 0.1) is 23.8 Å². The molecule has 138 valence electrons. The van der Waals surface area contributed by atoms with Crippen molar-refractivity contribution in [3.05, 3.63) is 78.4 Å². The highest BCUT2D eigenvalue weighted by atomic mass is 16.2. The number of amides is 1. The average molecular weight is 361 g/mol. The molecule has 1 aromatic carbocycles. The normalized spacial score (nSPS) is 16.0. The van der Waals surface area contributed by atoms with Gasteiger partial charge in [-0.3, -0.25) is 14.5 Å². The minimum atomic E-state index is -0.500. The number of benzene rings is 1. The van der Waals surface area contributed by atoms with E-state index < -0.39 is 5.41 Å². The van der Waals surface area contributed by atoms with Crippen LogP contribution in [-0.2, 0) is 16.8 Å². The molecule has 0 spiro atoms. The topological polar surface area (TPSA) is 71.8 Å². The van der Waals surface area contributed by atoms with Gasteiger partial charge in [-0.1, -0.05) is 30.3 Å². The fourth-order valence-corrected chi connectivity index (χ4v) is 3.70. The molecule has 0 unspecified atom stereocenters. The van der Waals surface area contributed by atoms with E-state index in [2.05, 4.69) is 32.8 Å². The van der Waals surface area contributed by atoms with Crippen LogP contribution in [-0.4, -0.2) is 33.8 Å². The van der Waals surface area contributed by atoms with Crippen molar-refractivity contribution in [1.82, 2.24) is 20.1 Å². The zero-order chi connectivity index (χ0) is 18.5. The van der Waals surface area contributed by atoms with Crippen molar-refractivity contribution in [2.75, 3.05) is 18.4 Å². The molecule has 0 bridgehead atoms. The molecule has 1 amide bonds. The first kappa shape index (κ1) is 17.4. The molecule has 1 fully saturated rings. The molecule has 2 N–H and O–H groups in total. The van der Waals surface area contributed by atoms with E-state index in [1.54, 1.807) is 18.6 Å². The second kappa shape index (κ2) is 7.72. The van der Waals surface area contributed by atoms with Gasteiger partial charge in [0.15, 0.2) is 0 Å². The lowest BCUT2D eigenvalue weighted by Gasteiger charge is -2.36. The lowest BCUT2D eigenvalue weighted by molar-refractivity contribution is -0.122. The summed E-state index contributed by atoms with van der Waals surface area (Å²) in [5.41, 5.74) is 2.42. The lowest BCUT2D eigenvalue weighted by atomic mass is 9.72. The lowest BCUT2D eigenvalue weighted by Crippen LogP contribution is -2.48. The molecule has 0 aliphatic carbocycles. The highest BCUT2D eigenvalue weighted by Gasteiger charge is 2.41. The molecule has 3 heterocycles. The Hall–Kier alpha value is -2.99. The third-order valence-electron chi connectivity index (χ3n) is 5.20. The molecule has 4 rings (SSSR count). The van der Waals surface area contributed by atoms with Crippen LogP contribution in [0.3, 0.4) is 0 Å². The van der Waals surface area contributed by atoms with Gasteiger partial charge in [0.25, 0.3) is 0 Å². The first-order valence-electron chi connectivity index (χ1n) is 9.25. The Kier molecular flexibility index (Phi) is 4.98. The smallest absolute Gasteiger partial charge is 0.235 e. The number of carbonyl (C=O) groups is 1. The molecular weight excluding hydrogens is 338 g/mol. The molecule has 0 saturated carbocycles. The van der Waals surface area contributed by atoms with Crippen LogP contribution >= 0.6 is 0 Å². The van der Waals surface area contributed by atoms with Crippen molar-refractivity contribution >= 4 is 11.6 Å². The molecule has 1 aliphatic heterocycles. The molecular formula is C21H23N5O. The van der Waals surface area contributed by atoms with Crippen molar-refractivity contribution in [3.63, 3.8) is 0 Å². The Labute approximate surface area is 158 Å². The largest absolute Gasteiger partial charge is 0.323 e. The number of pyridine rings is 1. The van der Waals surface area contributed by atoms with Crippen molar-refractivity contribution < 1.29 is 4.79 Å². The van der Waals surface area contributed by atoms with E-state index in [0.717, 1.165) is 42.7 Å². The Morgan fingerprint density at radius 1 is 1.11 bits per heavy atom. The molecule has 0 atom stereocenters. The number of nitrogens with one attached hydrogen (secondary N) is 2. The second-order valence-electron chi connectivity index (χ2n) is 6.93. The van der Waals surface area contributed by atoms with Crippen LogP contribution in [0, 0.1) is 0 Å². The number of piperidine rings is 1. The number of nitrogens with zero attached hydrogens (tertiary/aromatic N) is 3. The van der Waals surface area contributed by atoms with Crippen LogP contribution in [0.2, 0.25) is 0 Å². The summed E-state index contributed by atoms with van der Waals surface area (Å²) < 4.78 is 1.82. The maximum Gasteiger partial charge on any atom is 0.235 e. The second-order valence-corrected chi connectivity index (χ2v) is 6.93. The van der Waals surface area contributed by atoms with Crippen molar-refractivity contribution in [3.8, 4) is 0 Å². The number of carbonyl (C=O) groups excluding carboxylic acids is 1. The fraction of sp³-hybridized carbons (Fsp3) is 0.286. The molecule has 1 saturated heterocycles. The van der Waals surface area contributed by atoms with Gasteiger partial charge in [0, 0.05) is 18.6 Å². The van der Waals surface area contributed by atoms with E-state index >= 15 is 0 Å². The monoisotopic (exact) mass is 361 g/mol. The summed E-state index contributed by atoms with van der Waals surface area (Å²) in [5, 5.41) is 10.8. The Balaban J connectivity index is 1.52. The third-order valence-corrected chi connectivity index (χ3v) is 5.20. The summed E-state index contributed by atoms with van der Waals surface area (Å²) in [6.45, 7) is 2.32. The number of hydrogen-bond donors (Lipinski definition) is 2. The van der Waals surface area contributed by atoms with Crippen LogP contribution in [0.15, 0.2) is 67.3 Å². The zero-order valence-corrected chi connectivity index (χ0v) is 15.1. The molecule has 6 heteroatoms. The highest BCUT2D eigenvalue weighted by Crippen LogP contribution is 2.34. The van der Waals surface area contributed by atoms with Crippen LogP contribution < -0.4 is 10.6 Å². The zero-order valence-electron chi connectivity index (χ0n) is 15.1. The van der Waals surface area contributed by atoms with Gasteiger partial charge in [-0.15, -0.1) is 0 Å². The number of aromatic nitrogens is 3. The highest BCUT2D eigenvalue weighted by molar-refractivity contribution is 5.99. The SMILES string of the molecule is O=C(Nc1cnn(Cc2ccncc2)c1)C1(c2ccccc2)CCNCC1. The maximum atomic E-state index is 13.3. The van der Waals surface area contributed by atoms with Crippen LogP contribution in [0.4, 0.5) is 5.69 Å². The van der Waals surface area contributed by atoms with Crippen molar-refractivity contribution in [2.45, 2.75) is 24.8 Å². The van der Waals surface area contributed by atoms with E-state index in [9.17, 15) is 4.79 Å². The van der Waals surface area contributed by atoms with Gasteiger partial charge < -0.3 is 10.6 Å². The Morgan fingerprint density at radius 3 is 2.59 bits per heavy atom. The quantitative estimate of drug-likeness (QED) is 0.733. The van der Waals surface area contributed by atoms with Gasteiger partial charge in [-0.05, 0) is 49.2 Å². The van der Waals surface area contributed by atoms with E-state index in [-0.39, 0.29) is 5.91 Å². The molecule has 1 aliphatic rings. The number of anilines is 1. The molecule has 3 aromatic rings. The summed E-state index contributed by atoms with van der Waals surface area (Å²) in [4.78, 5) is 17.3. The van der Waals surface area contributed by atoms with Gasteiger partial charge in [-0.25, -0.2) is 0 Å². The fourth-order valence-electron chi connectivity index (χ4n) is 3.70. The van der Waals surface area contributed by atoms with Crippen LogP contribution in [0.1, 0.15) is 24.0 Å². The predicted octanol–water partition coefficient (Wildman–Crippen LogP) is 2.59. The maximum absolute atomic E-state index is 13.3. The van der Waals surface area contributed by atoms with Crippen LogP contribution in [0.25, 0.3) is 0 Å². The van der Waals surface area contributed by atoms with Gasteiger partial charge >= 0.3 is 0 Å². The van der Waals surface area contributed by atoms with Gasteiger partial charge in [-0.2, -0.15) is 5.10 Å². The summed E-state index contributed by atoms with van der Waals surface area (Å²) in [5.74, 6) is 0.0404. The third kappa shape index (κ3) is 3.75. The van der Waals surface area contributed by atoms with Crippen molar-refractivity contribution in [2.24, 2.45) is 0 Å². The van der Waals surface area contributed by atoms with E-state index in [1.165, 1.54) is 0 Å². The predicted molar refractivity (Wildman–Crippen MR) is 104 cm³/mol. The number of rotatable bonds is 5.